The van der Waals surface area contributed by atoms with E-state index in [0.29, 0.717) is 30.8 Å². The maximum absolute atomic E-state index is 12.6. The Balaban J connectivity index is 2.24. The third-order valence-electron chi connectivity index (χ3n) is 3.74. The van der Waals surface area contributed by atoms with E-state index >= 15 is 0 Å². The molecule has 0 bridgehead atoms. The second-order valence-corrected chi connectivity index (χ2v) is 5.00. The average Bonchev–Trinajstić information content (AvgIpc) is 2.87. The first-order chi connectivity index (χ1) is 10.1. The molecule has 2 N–H and O–H groups in total. The summed E-state index contributed by atoms with van der Waals surface area (Å²) in [6, 6.07) is 6.91. The Morgan fingerprint density at radius 3 is 2.71 bits per heavy atom. The van der Waals surface area contributed by atoms with Gasteiger partial charge in [0.15, 0.2) is 0 Å². The molecule has 1 heterocycles. The number of aliphatic hydroxyl groups is 1. The van der Waals surface area contributed by atoms with E-state index in [9.17, 15) is 14.7 Å². The zero-order valence-electron chi connectivity index (χ0n) is 12.0. The Hall–Kier alpha value is -2.08. The molecule has 1 aliphatic rings. The van der Waals surface area contributed by atoms with E-state index in [-0.39, 0.29) is 19.2 Å². The van der Waals surface area contributed by atoms with Crippen LogP contribution in [0.25, 0.3) is 0 Å². The molecule has 0 saturated carbocycles. The molecule has 1 unspecified atom stereocenters. The van der Waals surface area contributed by atoms with Crippen molar-refractivity contribution in [2.75, 3.05) is 31.1 Å². The number of aliphatic hydroxyl groups excluding tert-OH is 1. The predicted octanol–water partition coefficient (Wildman–Crippen LogP) is 1.50. The van der Waals surface area contributed by atoms with Gasteiger partial charge in [-0.2, -0.15) is 0 Å². The van der Waals surface area contributed by atoms with Crippen molar-refractivity contribution >= 4 is 17.7 Å². The largest absolute Gasteiger partial charge is 0.481 e. The summed E-state index contributed by atoms with van der Waals surface area (Å²) in [5, 5.41) is 18.2. The van der Waals surface area contributed by atoms with E-state index < -0.39 is 11.9 Å². The number of nitrogens with zero attached hydrogens (tertiary/aromatic N) is 2. The van der Waals surface area contributed by atoms with Gasteiger partial charge in [0, 0.05) is 31.9 Å². The Morgan fingerprint density at radius 1 is 1.38 bits per heavy atom. The third kappa shape index (κ3) is 3.00. The molecule has 0 aromatic heterocycles. The Morgan fingerprint density at radius 2 is 2.10 bits per heavy atom. The van der Waals surface area contributed by atoms with Crippen LogP contribution in [0.5, 0.6) is 0 Å². The van der Waals surface area contributed by atoms with Gasteiger partial charge < -0.3 is 15.1 Å². The zero-order chi connectivity index (χ0) is 15.4. The fourth-order valence-electron chi connectivity index (χ4n) is 2.62. The number of rotatable bonds is 5. The van der Waals surface area contributed by atoms with Crippen molar-refractivity contribution in [2.45, 2.75) is 19.3 Å². The van der Waals surface area contributed by atoms with Crippen LogP contribution in [0.3, 0.4) is 0 Å². The number of amides is 2. The van der Waals surface area contributed by atoms with Gasteiger partial charge in [0.05, 0.1) is 0 Å². The summed E-state index contributed by atoms with van der Waals surface area (Å²) in [7, 11) is 0. The van der Waals surface area contributed by atoms with Crippen LogP contribution in [0.2, 0.25) is 0 Å². The van der Waals surface area contributed by atoms with Crippen molar-refractivity contribution in [1.29, 1.82) is 0 Å². The van der Waals surface area contributed by atoms with E-state index in [2.05, 4.69) is 0 Å². The first-order valence-corrected chi connectivity index (χ1v) is 7.09. The zero-order valence-corrected chi connectivity index (χ0v) is 12.0. The Labute approximate surface area is 123 Å². The third-order valence-corrected chi connectivity index (χ3v) is 3.74. The highest BCUT2D eigenvalue weighted by atomic mass is 16.4. The molecule has 0 saturated heterocycles. The minimum absolute atomic E-state index is 0.0259. The van der Waals surface area contributed by atoms with Crippen LogP contribution >= 0.6 is 0 Å². The molecular formula is C15H20N2O4. The van der Waals surface area contributed by atoms with Gasteiger partial charge >= 0.3 is 12.0 Å². The summed E-state index contributed by atoms with van der Waals surface area (Å²) < 4.78 is 0. The molecule has 21 heavy (non-hydrogen) atoms. The number of anilines is 1. The fraction of sp³-hybridized carbons (Fsp3) is 0.467. The van der Waals surface area contributed by atoms with Crippen molar-refractivity contribution in [3.05, 3.63) is 29.8 Å². The quantitative estimate of drug-likeness (QED) is 0.861. The molecule has 6 heteroatoms. The maximum Gasteiger partial charge on any atom is 0.324 e. The van der Waals surface area contributed by atoms with Crippen LogP contribution in [0, 0.1) is 0 Å². The van der Waals surface area contributed by atoms with Gasteiger partial charge in [0.2, 0.25) is 0 Å². The van der Waals surface area contributed by atoms with Crippen molar-refractivity contribution in [1.82, 2.24) is 4.90 Å². The van der Waals surface area contributed by atoms with Crippen molar-refractivity contribution < 1.29 is 19.8 Å². The number of carboxylic acids is 1. The van der Waals surface area contributed by atoms with Gasteiger partial charge in [0.25, 0.3) is 0 Å². The number of para-hydroxylation sites is 1. The van der Waals surface area contributed by atoms with Gasteiger partial charge in [-0.15, -0.1) is 0 Å². The van der Waals surface area contributed by atoms with Gasteiger partial charge in [0.1, 0.15) is 5.92 Å². The van der Waals surface area contributed by atoms with E-state index in [4.69, 9.17) is 5.11 Å². The highest BCUT2D eigenvalue weighted by Gasteiger charge is 2.37. The highest BCUT2D eigenvalue weighted by Crippen LogP contribution is 2.36. The van der Waals surface area contributed by atoms with E-state index in [1.165, 1.54) is 4.90 Å². The fourth-order valence-corrected chi connectivity index (χ4v) is 2.62. The molecule has 1 aromatic rings. The summed E-state index contributed by atoms with van der Waals surface area (Å²) in [5.41, 5.74) is 1.34. The molecule has 1 atom stereocenters. The molecule has 1 aromatic carbocycles. The smallest absolute Gasteiger partial charge is 0.324 e. The van der Waals surface area contributed by atoms with Crippen molar-refractivity contribution in [2.24, 2.45) is 0 Å². The first kappa shape index (κ1) is 15.3. The van der Waals surface area contributed by atoms with Crippen LogP contribution in [0.15, 0.2) is 24.3 Å². The normalized spacial score (nSPS) is 16.7. The Bertz CT molecular complexity index is 532. The molecule has 6 nitrogen and oxygen atoms in total. The summed E-state index contributed by atoms with van der Waals surface area (Å²) in [5.74, 6) is -1.60. The summed E-state index contributed by atoms with van der Waals surface area (Å²) in [6.45, 7) is 3.03. The van der Waals surface area contributed by atoms with Crippen LogP contribution < -0.4 is 4.90 Å². The van der Waals surface area contributed by atoms with Crippen molar-refractivity contribution in [3.8, 4) is 0 Å². The summed E-state index contributed by atoms with van der Waals surface area (Å²) in [6.07, 6.45) is 0.511. The lowest BCUT2D eigenvalue weighted by atomic mass is 10.0. The summed E-state index contributed by atoms with van der Waals surface area (Å²) >= 11 is 0. The number of urea groups is 1. The number of carbonyl (C=O) groups is 2. The molecule has 114 valence electrons. The SMILES string of the molecule is CCN(CCCO)C(=O)N1CC(C(=O)O)c2ccccc21. The van der Waals surface area contributed by atoms with E-state index in [1.54, 1.807) is 29.2 Å². The molecule has 2 amide bonds. The lowest BCUT2D eigenvalue weighted by Gasteiger charge is -2.27. The number of hydrogen-bond acceptors (Lipinski definition) is 3. The minimum atomic E-state index is -0.920. The van der Waals surface area contributed by atoms with E-state index in [1.807, 2.05) is 6.92 Å². The Kier molecular flexibility index (Phi) is 4.80. The molecule has 0 fully saturated rings. The van der Waals surface area contributed by atoms with Crippen LogP contribution in [0.4, 0.5) is 10.5 Å². The molecule has 0 aliphatic carbocycles. The van der Waals surface area contributed by atoms with Crippen LogP contribution in [0.1, 0.15) is 24.8 Å². The minimum Gasteiger partial charge on any atom is -0.481 e. The molecule has 0 spiro atoms. The summed E-state index contributed by atoms with van der Waals surface area (Å²) in [4.78, 5) is 27.1. The maximum atomic E-state index is 12.6. The topological polar surface area (TPSA) is 81.1 Å². The second kappa shape index (κ2) is 6.58. The average molecular weight is 292 g/mol. The van der Waals surface area contributed by atoms with Crippen LogP contribution in [-0.2, 0) is 4.79 Å². The van der Waals surface area contributed by atoms with Crippen molar-refractivity contribution in [3.63, 3.8) is 0 Å². The van der Waals surface area contributed by atoms with Gasteiger partial charge in [-0.1, -0.05) is 18.2 Å². The lowest BCUT2D eigenvalue weighted by molar-refractivity contribution is -0.138. The van der Waals surface area contributed by atoms with E-state index in [0.717, 1.165) is 0 Å². The molecular weight excluding hydrogens is 272 g/mol. The number of fused-ring (bicyclic) bond motifs is 1. The van der Waals surface area contributed by atoms with Crippen LogP contribution in [-0.4, -0.2) is 53.4 Å². The number of aliphatic carboxylic acids is 1. The predicted molar refractivity (Wildman–Crippen MR) is 78.5 cm³/mol. The molecule has 1 aliphatic heterocycles. The number of hydrogen-bond donors (Lipinski definition) is 2. The second-order valence-electron chi connectivity index (χ2n) is 5.00. The first-order valence-electron chi connectivity index (χ1n) is 7.09. The van der Waals surface area contributed by atoms with Gasteiger partial charge in [-0.3, -0.25) is 9.69 Å². The number of carboxylic acid groups (broad SMARTS) is 1. The molecule has 2 rings (SSSR count). The molecule has 0 radical (unpaired) electrons. The lowest BCUT2D eigenvalue weighted by Crippen LogP contribution is -2.43. The standard InChI is InChI=1S/C15H20N2O4/c1-2-16(8-5-9-18)15(21)17-10-12(14(19)20)11-6-3-4-7-13(11)17/h3-4,6-7,12,18H,2,5,8-10H2,1H3,(H,19,20). The highest BCUT2D eigenvalue weighted by molar-refractivity contribution is 5.98. The van der Waals surface area contributed by atoms with Gasteiger partial charge in [-0.05, 0) is 25.0 Å². The van der Waals surface area contributed by atoms with Gasteiger partial charge in [-0.25, -0.2) is 4.79 Å². The number of carbonyl (C=O) groups excluding carboxylic acids is 1. The number of benzene rings is 1. The monoisotopic (exact) mass is 292 g/mol.